The van der Waals surface area contributed by atoms with Crippen LogP contribution in [0.3, 0.4) is 0 Å². The summed E-state index contributed by atoms with van der Waals surface area (Å²) < 4.78 is 14.2. The lowest BCUT2D eigenvalue weighted by molar-refractivity contribution is 0.330. The molecule has 1 aromatic rings. The molecule has 4 heteroatoms. The summed E-state index contributed by atoms with van der Waals surface area (Å²) >= 11 is 0. The molecular formula is C16H26FN3. The first-order chi connectivity index (χ1) is 9.38. The maximum Gasteiger partial charge on any atom is 0.148 e. The smallest absolute Gasteiger partial charge is 0.148 e. The van der Waals surface area contributed by atoms with E-state index in [0.717, 1.165) is 18.7 Å². The quantitative estimate of drug-likeness (QED) is 0.913. The summed E-state index contributed by atoms with van der Waals surface area (Å²) in [6.07, 6.45) is 1.10. The molecule has 0 bridgehead atoms. The Labute approximate surface area is 121 Å². The van der Waals surface area contributed by atoms with Gasteiger partial charge in [0.2, 0.25) is 0 Å². The zero-order valence-electron chi connectivity index (χ0n) is 13.2. The van der Waals surface area contributed by atoms with Gasteiger partial charge in [0.25, 0.3) is 0 Å². The molecule has 1 aromatic carbocycles. The molecule has 2 atom stereocenters. The molecule has 1 N–H and O–H groups in total. The average molecular weight is 279 g/mol. The predicted octanol–water partition coefficient (Wildman–Crippen LogP) is 3.17. The largest absolute Gasteiger partial charge is 0.381 e. The third-order valence-electron chi connectivity index (χ3n) is 4.36. The molecule has 0 aliphatic carbocycles. The molecule has 0 saturated carbocycles. The first kappa shape index (κ1) is 15.1. The number of anilines is 2. The van der Waals surface area contributed by atoms with Crippen molar-refractivity contribution in [1.29, 1.82) is 0 Å². The fraction of sp³-hybridized carbons (Fsp3) is 0.625. The number of likely N-dealkylation sites (tertiary alicyclic amines) is 1. The summed E-state index contributed by atoms with van der Waals surface area (Å²) in [7, 11) is 4.05. The maximum atomic E-state index is 14.2. The van der Waals surface area contributed by atoms with E-state index < -0.39 is 0 Å². The molecule has 0 amide bonds. The Morgan fingerprint density at radius 3 is 2.60 bits per heavy atom. The van der Waals surface area contributed by atoms with E-state index in [-0.39, 0.29) is 11.9 Å². The second kappa shape index (κ2) is 6.00. The van der Waals surface area contributed by atoms with Crippen molar-refractivity contribution in [3.63, 3.8) is 0 Å². The lowest BCUT2D eigenvalue weighted by Gasteiger charge is -2.25. The topological polar surface area (TPSA) is 18.5 Å². The fourth-order valence-corrected chi connectivity index (χ4v) is 2.69. The Bertz CT molecular complexity index is 451. The SMILES string of the molecule is CC1CC(Nc2ccc(N(C)C(C)C)c(F)c2)CN1C. The zero-order chi connectivity index (χ0) is 14.9. The van der Waals surface area contributed by atoms with Crippen LogP contribution in [0.2, 0.25) is 0 Å². The Morgan fingerprint density at radius 1 is 1.40 bits per heavy atom. The Kier molecular flexibility index (Phi) is 4.53. The Hall–Kier alpha value is -1.29. The van der Waals surface area contributed by atoms with Crippen LogP contribution in [0.15, 0.2) is 18.2 Å². The monoisotopic (exact) mass is 279 g/mol. The summed E-state index contributed by atoms with van der Waals surface area (Å²) in [5.74, 6) is -0.161. The molecule has 1 saturated heterocycles. The fourth-order valence-electron chi connectivity index (χ4n) is 2.69. The third-order valence-corrected chi connectivity index (χ3v) is 4.36. The van der Waals surface area contributed by atoms with Crippen LogP contribution in [0, 0.1) is 5.82 Å². The van der Waals surface area contributed by atoms with Gasteiger partial charge in [-0.25, -0.2) is 4.39 Å². The van der Waals surface area contributed by atoms with Crippen LogP contribution in [0.4, 0.5) is 15.8 Å². The van der Waals surface area contributed by atoms with Gasteiger partial charge >= 0.3 is 0 Å². The highest BCUT2D eigenvalue weighted by atomic mass is 19.1. The number of hydrogen-bond acceptors (Lipinski definition) is 3. The van der Waals surface area contributed by atoms with Gasteiger partial charge in [0, 0.05) is 37.4 Å². The normalized spacial score (nSPS) is 23.4. The summed E-state index contributed by atoms with van der Waals surface area (Å²) in [5, 5.41) is 3.44. The lowest BCUT2D eigenvalue weighted by Crippen LogP contribution is -2.27. The minimum atomic E-state index is -0.161. The van der Waals surface area contributed by atoms with Gasteiger partial charge in [-0.15, -0.1) is 0 Å². The third kappa shape index (κ3) is 3.23. The predicted molar refractivity (Wildman–Crippen MR) is 84.1 cm³/mol. The van der Waals surface area contributed by atoms with E-state index in [1.54, 1.807) is 6.07 Å². The summed E-state index contributed by atoms with van der Waals surface area (Å²) in [6.45, 7) is 7.35. The van der Waals surface area contributed by atoms with Crippen molar-refractivity contribution in [1.82, 2.24) is 4.90 Å². The standard InChI is InChI=1S/C16H26FN3/c1-11(2)20(5)16-7-6-13(9-15(16)17)18-14-8-12(3)19(4)10-14/h6-7,9,11-12,14,18H,8,10H2,1-5H3. The molecule has 1 aliphatic heterocycles. The first-order valence-corrected chi connectivity index (χ1v) is 7.37. The van der Waals surface area contributed by atoms with Crippen molar-refractivity contribution in [3.05, 3.63) is 24.0 Å². The number of hydrogen-bond donors (Lipinski definition) is 1. The molecule has 1 heterocycles. The van der Waals surface area contributed by atoms with E-state index in [1.165, 1.54) is 0 Å². The Morgan fingerprint density at radius 2 is 2.10 bits per heavy atom. The second-order valence-electron chi connectivity index (χ2n) is 6.24. The second-order valence-corrected chi connectivity index (χ2v) is 6.24. The van der Waals surface area contributed by atoms with Crippen LogP contribution in [0.25, 0.3) is 0 Å². The van der Waals surface area contributed by atoms with Gasteiger partial charge in [0.1, 0.15) is 5.82 Å². The van der Waals surface area contributed by atoms with Crippen molar-refractivity contribution in [2.75, 3.05) is 30.9 Å². The summed E-state index contributed by atoms with van der Waals surface area (Å²) in [6, 6.07) is 6.72. The molecule has 0 aromatic heterocycles. The molecule has 112 valence electrons. The lowest BCUT2D eigenvalue weighted by atomic mass is 10.1. The molecule has 3 nitrogen and oxygen atoms in total. The van der Waals surface area contributed by atoms with Gasteiger partial charge in [-0.1, -0.05) is 0 Å². The molecular weight excluding hydrogens is 253 g/mol. The number of nitrogens with one attached hydrogen (secondary N) is 1. The number of nitrogens with zero attached hydrogens (tertiary/aromatic N) is 2. The van der Waals surface area contributed by atoms with E-state index in [4.69, 9.17) is 0 Å². The van der Waals surface area contributed by atoms with Gasteiger partial charge in [-0.05, 0) is 52.4 Å². The summed E-state index contributed by atoms with van der Waals surface area (Å²) in [5.41, 5.74) is 1.53. The molecule has 2 rings (SSSR count). The van der Waals surface area contributed by atoms with Crippen molar-refractivity contribution in [2.24, 2.45) is 0 Å². The van der Waals surface area contributed by atoms with Crippen molar-refractivity contribution >= 4 is 11.4 Å². The zero-order valence-corrected chi connectivity index (χ0v) is 13.2. The van der Waals surface area contributed by atoms with Crippen LogP contribution in [0.5, 0.6) is 0 Å². The van der Waals surface area contributed by atoms with Crippen molar-refractivity contribution in [2.45, 2.75) is 45.3 Å². The average Bonchev–Trinajstić information content (AvgIpc) is 2.67. The van der Waals surface area contributed by atoms with Crippen LogP contribution in [-0.2, 0) is 0 Å². The van der Waals surface area contributed by atoms with Gasteiger partial charge < -0.3 is 15.1 Å². The number of likely N-dealkylation sites (N-methyl/N-ethyl adjacent to an activating group) is 1. The molecule has 2 unspecified atom stereocenters. The van der Waals surface area contributed by atoms with Gasteiger partial charge in [-0.2, -0.15) is 0 Å². The van der Waals surface area contributed by atoms with E-state index in [0.29, 0.717) is 17.8 Å². The number of halogens is 1. The minimum Gasteiger partial charge on any atom is -0.381 e. The highest BCUT2D eigenvalue weighted by molar-refractivity contribution is 5.56. The molecule has 0 radical (unpaired) electrons. The first-order valence-electron chi connectivity index (χ1n) is 7.37. The number of rotatable bonds is 4. The van der Waals surface area contributed by atoms with Crippen LogP contribution >= 0.6 is 0 Å². The van der Waals surface area contributed by atoms with E-state index >= 15 is 0 Å². The molecule has 1 aliphatic rings. The summed E-state index contributed by atoms with van der Waals surface area (Å²) in [4.78, 5) is 4.28. The van der Waals surface area contributed by atoms with Crippen LogP contribution in [-0.4, -0.2) is 43.7 Å². The van der Waals surface area contributed by atoms with E-state index in [9.17, 15) is 4.39 Å². The molecule has 20 heavy (non-hydrogen) atoms. The molecule has 0 spiro atoms. The maximum absolute atomic E-state index is 14.2. The minimum absolute atomic E-state index is 0.161. The van der Waals surface area contributed by atoms with Crippen molar-refractivity contribution < 1.29 is 4.39 Å². The van der Waals surface area contributed by atoms with E-state index in [1.807, 2.05) is 24.1 Å². The van der Waals surface area contributed by atoms with Gasteiger partial charge in [0.15, 0.2) is 0 Å². The molecule has 1 fully saturated rings. The van der Waals surface area contributed by atoms with Gasteiger partial charge in [-0.3, -0.25) is 0 Å². The highest BCUT2D eigenvalue weighted by Crippen LogP contribution is 2.25. The van der Waals surface area contributed by atoms with E-state index in [2.05, 4.69) is 38.0 Å². The highest BCUT2D eigenvalue weighted by Gasteiger charge is 2.26. The Balaban J connectivity index is 2.06. The van der Waals surface area contributed by atoms with Gasteiger partial charge in [0.05, 0.1) is 5.69 Å². The van der Waals surface area contributed by atoms with Crippen molar-refractivity contribution in [3.8, 4) is 0 Å². The number of benzene rings is 1. The van der Waals surface area contributed by atoms with Crippen LogP contribution < -0.4 is 10.2 Å². The van der Waals surface area contributed by atoms with Crippen LogP contribution in [0.1, 0.15) is 27.2 Å².